The predicted molar refractivity (Wildman–Crippen MR) is 163 cm³/mol. The average Bonchev–Trinajstić information content (AvgIpc) is 3.78. The zero-order valence-electron chi connectivity index (χ0n) is 22.8. The number of hydrogen-bond donors (Lipinski definition) is 6. The first-order valence-electron chi connectivity index (χ1n) is 13.6. The number of nitrogens with zero attached hydrogens (tertiary/aromatic N) is 6. The minimum absolute atomic E-state index is 0. The van der Waals surface area contributed by atoms with Crippen molar-refractivity contribution in [3.63, 3.8) is 0 Å². The summed E-state index contributed by atoms with van der Waals surface area (Å²) in [5.41, 5.74) is 4.00. The van der Waals surface area contributed by atoms with Gasteiger partial charge in [-0.25, -0.2) is 29.9 Å². The fourth-order valence-electron chi connectivity index (χ4n) is 5.84. The van der Waals surface area contributed by atoms with E-state index in [4.69, 9.17) is 29.9 Å². The molecule has 8 bridgehead atoms. The second kappa shape index (κ2) is 9.54. The van der Waals surface area contributed by atoms with E-state index in [-0.39, 0.29) is 53.5 Å². The number of aromatic nitrogens is 8. The Morgan fingerprint density at radius 3 is 1.07 bits per heavy atom. The SMILES string of the molecule is Oc1c(O)c(O)c2c3nc4nc(nc5[nH]c(nc6nc(nc([nH]3)c2c1O)-c1ccccc1-6)c1ccccc51)-c1ccccc1-4.[Os]. The van der Waals surface area contributed by atoms with E-state index in [1.54, 1.807) is 0 Å². The zero-order valence-corrected chi connectivity index (χ0v) is 25.3. The molecule has 0 fully saturated rings. The summed E-state index contributed by atoms with van der Waals surface area (Å²) in [4.78, 5) is 35.1. The fraction of sp³-hybridized carbons (Fsp3) is 0. The van der Waals surface area contributed by atoms with Crippen LogP contribution in [0.15, 0.2) is 72.8 Å². The van der Waals surface area contributed by atoms with Crippen molar-refractivity contribution in [3.05, 3.63) is 72.8 Å². The van der Waals surface area contributed by atoms with Gasteiger partial charge in [0, 0.05) is 52.8 Å². The molecule has 12 nitrogen and oxygen atoms in total. The molecule has 7 aromatic rings. The largest absolute Gasteiger partial charge is 0.504 e. The van der Waals surface area contributed by atoms with Gasteiger partial charge in [-0.15, -0.1) is 0 Å². The summed E-state index contributed by atoms with van der Waals surface area (Å²) in [6.45, 7) is 0. The smallest absolute Gasteiger partial charge is 0.205 e. The number of phenols is 4. The third kappa shape index (κ3) is 3.74. The Balaban J connectivity index is 0.00000300. The molecule has 9 rings (SSSR count). The Kier molecular flexibility index (Phi) is 5.66. The van der Waals surface area contributed by atoms with Crippen LogP contribution < -0.4 is 0 Å². The van der Waals surface area contributed by atoms with Gasteiger partial charge in [-0.3, -0.25) is 0 Å². The monoisotopic (exact) mass is 770 g/mol. The Morgan fingerprint density at radius 2 is 0.689 bits per heavy atom. The molecular weight excluding hydrogens is 751 g/mol. The van der Waals surface area contributed by atoms with Gasteiger partial charge in [0.25, 0.3) is 0 Å². The molecule has 6 N–H and O–H groups in total. The molecule has 0 aliphatic carbocycles. The van der Waals surface area contributed by atoms with Gasteiger partial charge >= 0.3 is 0 Å². The van der Waals surface area contributed by atoms with Crippen molar-refractivity contribution < 1.29 is 40.2 Å². The van der Waals surface area contributed by atoms with E-state index in [0.717, 1.165) is 21.9 Å². The molecule has 0 amide bonds. The molecule has 0 atom stereocenters. The van der Waals surface area contributed by atoms with Gasteiger partial charge in [0.1, 0.15) is 22.6 Å². The number of nitrogens with one attached hydrogen (secondary N) is 2. The Hall–Kier alpha value is -5.92. The van der Waals surface area contributed by atoms with Crippen LogP contribution in [-0.2, 0) is 19.8 Å². The van der Waals surface area contributed by atoms with Gasteiger partial charge in [0.2, 0.25) is 11.5 Å². The van der Waals surface area contributed by atoms with Crippen LogP contribution in [0.2, 0.25) is 0 Å². The molecule has 218 valence electrons. The molecule has 0 saturated heterocycles. The number of hydrogen-bond acceptors (Lipinski definition) is 10. The molecule has 0 spiro atoms. The molecule has 45 heavy (non-hydrogen) atoms. The van der Waals surface area contributed by atoms with Gasteiger partial charge in [-0.1, -0.05) is 72.8 Å². The Labute approximate surface area is 264 Å². The molecule has 5 heterocycles. The third-order valence-corrected chi connectivity index (χ3v) is 7.89. The van der Waals surface area contributed by atoms with Gasteiger partial charge in [0.15, 0.2) is 34.8 Å². The van der Waals surface area contributed by atoms with E-state index >= 15 is 0 Å². The normalized spacial score (nSPS) is 11.7. The van der Waals surface area contributed by atoms with Crippen LogP contribution >= 0.6 is 0 Å². The topological polar surface area (TPSA) is 190 Å². The van der Waals surface area contributed by atoms with Crippen molar-refractivity contribution in [2.24, 2.45) is 0 Å². The number of benzene rings is 4. The number of aromatic amines is 2. The molecule has 13 heteroatoms. The predicted octanol–water partition coefficient (Wildman–Crippen LogP) is 5.69. The number of aromatic hydroxyl groups is 4. The van der Waals surface area contributed by atoms with Crippen molar-refractivity contribution in [1.82, 2.24) is 39.9 Å². The summed E-state index contributed by atoms with van der Waals surface area (Å²) < 4.78 is 0. The van der Waals surface area contributed by atoms with E-state index in [1.807, 2.05) is 72.8 Å². The number of H-pyrrole nitrogens is 2. The van der Waals surface area contributed by atoms with Crippen LogP contribution in [-0.4, -0.2) is 60.3 Å². The zero-order chi connectivity index (χ0) is 29.7. The summed E-state index contributed by atoms with van der Waals surface area (Å²) >= 11 is 0. The Morgan fingerprint density at radius 1 is 0.378 bits per heavy atom. The second-order valence-electron chi connectivity index (χ2n) is 10.4. The maximum atomic E-state index is 11.0. The third-order valence-electron chi connectivity index (χ3n) is 7.89. The van der Waals surface area contributed by atoms with Gasteiger partial charge in [-0.05, 0) is 0 Å². The van der Waals surface area contributed by atoms with E-state index in [9.17, 15) is 20.4 Å². The van der Waals surface area contributed by atoms with Crippen LogP contribution in [0.1, 0.15) is 0 Å². The van der Waals surface area contributed by atoms with E-state index in [2.05, 4.69) is 9.97 Å². The van der Waals surface area contributed by atoms with Gasteiger partial charge in [-0.2, -0.15) is 0 Å². The minimum Gasteiger partial charge on any atom is -0.504 e. The molecule has 0 radical (unpaired) electrons. The second-order valence-corrected chi connectivity index (χ2v) is 10.4. The van der Waals surface area contributed by atoms with Gasteiger partial charge in [0.05, 0.1) is 10.8 Å². The molecular formula is C32H18N8O4Os. The van der Waals surface area contributed by atoms with E-state index < -0.39 is 23.0 Å². The fourth-order valence-corrected chi connectivity index (χ4v) is 5.84. The maximum absolute atomic E-state index is 11.0. The number of phenolic OH excluding ortho intramolecular Hbond substituents is 4. The van der Waals surface area contributed by atoms with Crippen LogP contribution in [0.5, 0.6) is 23.0 Å². The molecule has 0 unspecified atom stereocenters. The van der Waals surface area contributed by atoms with Crippen molar-refractivity contribution >= 4 is 44.1 Å². The van der Waals surface area contributed by atoms with Crippen molar-refractivity contribution in [2.45, 2.75) is 0 Å². The van der Waals surface area contributed by atoms with Crippen LogP contribution in [0, 0.1) is 0 Å². The molecule has 2 aliphatic heterocycles. The maximum Gasteiger partial charge on any atom is 0.205 e. The van der Waals surface area contributed by atoms with Gasteiger partial charge < -0.3 is 30.4 Å². The Bertz CT molecular complexity index is 2410. The van der Waals surface area contributed by atoms with Crippen molar-refractivity contribution in [2.75, 3.05) is 0 Å². The summed E-state index contributed by atoms with van der Waals surface area (Å²) in [5, 5.41) is 44.4. The summed E-state index contributed by atoms with van der Waals surface area (Å²) in [5.74, 6) is -1.83. The van der Waals surface area contributed by atoms with Crippen molar-refractivity contribution in [3.8, 4) is 68.5 Å². The minimum atomic E-state index is -0.897. The summed E-state index contributed by atoms with van der Waals surface area (Å²) in [7, 11) is 0. The summed E-state index contributed by atoms with van der Waals surface area (Å²) in [6.07, 6.45) is 0. The van der Waals surface area contributed by atoms with Crippen molar-refractivity contribution in [1.29, 1.82) is 0 Å². The quantitative estimate of drug-likeness (QED) is 0.0826. The van der Waals surface area contributed by atoms with E-state index in [0.29, 0.717) is 34.1 Å². The van der Waals surface area contributed by atoms with Crippen LogP contribution in [0.3, 0.4) is 0 Å². The number of fused-ring (bicyclic) bond motifs is 20. The number of rotatable bonds is 0. The van der Waals surface area contributed by atoms with Crippen LogP contribution in [0.4, 0.5) is 0 Å². The van der Waals surface area contributed by atoms with Crippen LogP contribution in [0.25, 0.3) is 89.7 Å². The molecule has 4 aromatic carbocycles. The standard InChI is InChI=1S/C32H18N8O4.Os/c41-21-19-20(22(42)24(44)23(21)43)32-39-30-18-12-6-4-10-16(18)28(37-30)35-26-14-8-2-1-7-13(14)25(33-26)34-27-15-9-3-5-11-17(15)29(36-27)38-31(19)40-32;/h1-12,41-44H,(H2,33,34,35,36,37,38,39,40);. The summed E-state index contributed by atoms with van der Waals surface area (Å²) in [6, 6.07) is 22.7. The molecule has 3 aromatic heterocycles. The molecule has 0 saturated carbocycles. The first-order valence-corrected chi connectivity index (χ1v) is 13.6. The van der Waals surface area contributed by atoms with E-state index in [1.165, 1.54) is 0 Å². The first-order chi connectivity index (χ1) is 21.5. The molecule has 2 aliphatic rings. The average molecular weight is 769 g/mol. The first kappa shape index (κ1) is 26.7.